The van der Waals surface area contributed by atoms with E-state index in [-0.39, 0.29) is 0 Å². The van der Waals surface area contributed by atoms with Gasteiger partial charge in [-0.1, -0.05) is 19.3 Å². The van der Waals surface area contributed by atoms with Crippen molar-refractivity contribution in [3.8, 4) is 11.5 Å². The molecule has 1 aliphatic carbocycles. The van der Waals surface area contributed by atoms with E-state index in [9.17, 15) is 0 Å². The van der Waals surface area contributed by atoms with Gasteiger partial charge in [0.25, 0.3) is 0 Å². The maximum Gasteiger partial charge on any atom is 0.191 e. The third-order valence-electron chi connectivity index (χ3n) is 5.97. The number of aliphatic imine (C=N–C) groups is 1. The van der Waals surface area contributed by atoms with Crippen molar-refractivity contribution in [2.75, 3.05) is 52.4 Å². The minimum atomic E-state index is 0.354. The van der Waals surface area contributed by atoms with Crippen molar-refractivity contribution >= 4 is 11.6 Å². The Hall–Kier alpha value is -2.15. The molecule has 1 unspecified atom stereocenters. The van der Waals surface area contributed by atoms with Gasteiger partial charge >= 0.3 is 0 Å². The Labute approximate surface area is 181 Å². The molecule has 2 N–H and O–H groups in total. The van der Waals surface area contributed by atoms with Crippen LogP contribution < -0.4 is 25.0 Å². The van der Waals surface area contributed by atoms with E-state index in [1.54, 1.807) is 14.2 Å². The summed E-state index contributed by atoms with van der Waals surface area (Å²) in [5.74, 6) is 2.49. The first-order chi connectivity index (χ1) is 14.7. The van der Waals surface area contributed by atoms with Crippen LogP contribution in [0.4, 0.5) is 5.69 Å². The quantitative estimate of drug-likeness (QED) is 0.365. The van der Waals surface area contributed by atoms with Gasteiger partial charge in [0.05, 0.1) is 20.3 Å². The van der Waals surface area contributed by atoms with Gasteiger partial charge in [-0.15, -0.1) is 0 Å². The fraction of sp³-hybridized carbons (Fsp3) is 0.696. The maximum absolute atomic E-state index is 6.01. The fourth-order valence-electron chi connectivity index (χ4n) is 4.24. The van der Waals surface area contributed by atoms with Crippen molar-refractivity contribution in [2.24, 2.45) is 4.99 Å². The van der Waals surface area contributed by atoms with Crippen molar-refractivity contribution in [1.82, 2.24) is 10.6 Å². The molecule has 0 amide bonds. The molecule has 1 aromatic carbocycles. The Kier molecular flexibility index (Phi) is 8.93. The van der Waals surface area contributed by atoms with Gasteiger partial charge in [0.15, 0.2) is 5.96 Å². The molecule has 2 aliphatic rings. The van der Waals surface area contributed by atoms with E-state index >= 15 is 0 Å². The number of rotatable bonds is 9. The zero-order valence-corrected chi connectivity index (χ0v) is 18.8. The second kappa shape index (κ2) is 11.9. The number of hydrogen-bond acceptors (Lipinski definition) is 5. The number of guanidine groups is 1. The number of hydrogen-bond donors (Lipinski definition) is 2. The maximum atomic E-state index is 6.01. The third-order valence-corrected chi connectivity index (χ3v) is 5.97. The zero-order valence-electron chi connectivity index (χ0n) is 18.8. The SMILES string of the molecule is CN=C(NCCCOC1CCCCC1)NC1CCN(c2cc(OC)cc(OC)c2)C1. The number of nitrogens with zero attached hydrogens (tertiary/aromatic N) is 2. The first-order valence-corrected chi connectivity index (χ1v) is 11.3. The van der Waals surface area contributed by atoms with E-state index in [2.05, 4.69) is 32.7 Å². The van der Waals surface area contributed by atoms with Crippen LogP contribution >= 0.6 is 0 Å². The van der Waals surface area contributed by atoms with Gasteiger partial charge in [-0.25, -0.2) is 0 Å². The molecule has 7 heteroatoms. The Morgan fingerprint density at radius 2 is 1.80 bits per heavy atom. The van der Waals surface area contributed by atoms with Gasteiger partial charge in [-0.3, -0.25) is 4.99 Å². The molecule has 3 rings (SSSR count). The van der Waals surface area contributed by atoms with Crippen LogP contribution in [0.2, 0.25) is 0 Å². The van der Waals surface area contributed by atoms with E-state index < -0.39 is 0 Å². The second-order valence-corrected chi connectivity index (χ2v) is 8.13. The van der Waals surface area contributed by atoms with Crippen LogP contribution in [0.15, 0.2) is 23.2 Å². The Morgan fingerprint density at radius 3 is 2.47 bits per heavy atom. The highest BCUT2D eigenvalue weighted by Crippen LogP contribution is 2.30. The molecule has 7 nitrogen and oxygen atoms in total. The molecule has 2 fully saturated rings. The highest BCUT2D eigenvalue weighted by Gasteiger charge is 2.24. The summed E-state index contributed by atoms with van der Waals surface area (Å²) in [6.45, 7) is 3.60. The van der Waals surface area contributed by atoms with Gasteiger partial charge in [0, 0.05) is 63.2 Å². The number of ether oxygens (including phenoxy) is 3. The summed E-state index contributed by atoms with van der Waals surface area (Å²) in [5.41, 5.74) is 1.12. The monoisotopic (exact) mass is 418 g/mol. The van der Waals surface area contributed by atoms with E-state index in [1.807, 2.05) is 13.1 Å². The summed E-state index contributed by atoms with van der Waals surface area (Å²) < 4.78 is 16.8. The lowest BCUT2D eigenvalue weighted by molar-refractivity contribution is 0.0277. The lowest BCUT2D eigenvalue weighted by atomic mass is 9.98. The summed E-state index contributed by atoms with van der Waals surface area (Å²) in [5, 5.41) is 6.98. The average Bonchev–Trinajstić information content (AvgIpc) is 3.27. The summed E-state index contributed by atoms with van der Waals surface area (Å²) in [6.07, 6.45) is 9.01. The number of nitrogens with one attached hydrogen (secondary N) is 2. The minimum Gasteiger partial charge on any atom is -0.497 e. The van der Waals surface area contributed by atoms with Gasteiger partial charge in [0.2, 0.25) is 0 Å². The normalized spacial score (nSPS) is 20.3. The number of methoxy groups -OCH3 is 2. The molecular weight excluding hydrogens is 380 g/mol. The molecule has 0 spiro atoms. The topological polar surface area (TPSA) is 67.4 Å². The largest absolute Gasteiger partial charge is 0.497 e. The van der Waals surface area contributed by atoms with E-state index in [4.69, 9.17) is 14.2 Å². The van der Waals surface area contributed by atoms with Crippen LogP contribution in [0, 0.1) is 0 Å². The molecule has 0 bridgehead atoms. The zero-order chi connectivity index (χ0) is 21.2. The fourth-order valence-corrected chi connectivity index (χ4v) is 4.24. The van der Waals surface area contributed by atoms with Gasteiger partial charge in [-0.2, -0.15) is 0 Å². The smallest absolute Gasteiger partial charge is 0.191 e. The Balaban J connectivity index is 1.39. The molecule has 1 saturated heterocycles. The van der Waals surface area contributed by atoms with Crippen LogP contribution in [-0.2, 0) is 4.74 Å². The molecule has 168 valence electrons. The van der Waals surface area contributed by atoms with Crippen LogP contribution in [0.5, 0.6) is 11.5 Å². The van der Waals surface area contributed by atoms with Crippen LogP contribution in [0.25, 0.3) is 0 Å². The predicted molar refractivity (Wildman–Crippen MR) is 122 cm³/mol. The molecule has 0 radical (unpaired) electrons. The molecule has 1 atom stereocenters. The van der Waals surface area contributed by atoms with Crippen LogP contribution in [0.3, 0.4) is 0 Å². The summed E-state index contributed by atoms with van der Waals surface area (Å²) in [6, 6.07) is 6.38. The second-order valence-electron chi connectivity index (χ2n) is 8.13. The van der Waals surface area contributed by atoms with Gasteiger partial charge in [-0.05, 0) is 25.7 Å². The van der Waals surface area contributed by atoms with Gasteiger partial charge in [0.1, 0.15) is 11.5 Å². The van der Waals surface area contributed by atoms with E-state index in [0.29, 0.717) is 12.1 Å². The van der Waals surface area contributed by atoms with Crippen molar-refractivity contribution in [3.05, 3.63) is 18.2 Å². The van der Waals surface area contributed by atoms with Crippen molar-refractivity contribution in [3.63, 3.8) is 0 Å². The van der Waals surface area contributed by atoms with Crippen molar-refractivity contribution in [2.45, 2.75) is 57.1 Å². The predicted octanol–water partition coefficient (Wildman–Crippen LogP) is 3.19. The highest BCUT2D eigenvalue weighted by atomic mass is 16.5. The van der Waals surface area contributed by atoms with E-state index in [1.165, 1.54) is 32.1 Å². The standard InChI is InChI=1S/C23H38N4O3/c1-24-23(25-11-7-13-30-20-8-5-4-6-9-20)26-18-10-12-27(17-18)19-14-21(28-2)16-22(15-19)29-3/h14-16,18,20H,4-13,17H2,1-3H3,(H2,24,25,26). The molecule has 0 aromatic heterocycles. The molecule has 1 aromatic rings. The molecular formula is C23H38N4O3. The van der Waals surface area contributed by atoms with E-state index in [0.717, 1.165) is 62.2 Å². The average molecular weight is 419 g/mol. The minimum absolute atomic E-state index is 0.354. The van der Waals surface area contributed by atoms with Gasteiger partial charge < -0.3 is 29.7 Å². The highest BCUT2D eigenvalue weighted by molar-refractivity contribution is 5.80. The Bertz CT molecular complexity index is 654. The first-order valence-electron chi connectivity index (χ1n) is 11.3. The first kappa shape index (κ1) is 22.5. The lowest BCUT2D eigenvalue weighted by Crippen LogP contribution is -2.45. The molecule has 1 heterocycles. The van der Waals surface area contributed by atoms with Crippen molar-refractivity contribution in [1.29, 1.82) is 0 Å². The van der Waals surface area contributed by atoms with Crippen molar-refractivity contribution < 1.29 is 14.2 Å². The third kappa shape index (κ3) is 6.69. The van der Waals surface area contributed by atoms with Crippen LogP contribution in [-0.4, -0.2) is 65.6 Å². The number of anilines is 1. The van der Waals surface area contributed by atoms with Crippen LogP contribution in [0.1, 0.15) is 44.9 Å². The summed E-state index contributed by atoms with van der Waals surface area (Å²) in [4.78, 5) is 6.74. The number of benzene rings is 1. The summed E-state index contributed by atoms with van der Waals surface area (Å²) >= 11 is 0. The summed E-state index contributed by atoms with van der Waals surface area (Å²) in [7, 11) is 5.19. The lowest BCUT2D eigenvalue weighted by Gasteiger charge is -2.22. The molecule has 30 heavy (non-hydrogen) atoms. The molecule has 1 saturated carbocycles. The molecule has 1 aliphatic heterocycles. The Morgan fingerprint density at radius 1 is 1.07 bits per heavy atom.